The zero-order valence-electron chi connectivity index (χ0n) is 15.2. The van der Waals surface area contributed by atoms with Gasteiger partial charge in [-0.15, -0.1) is 5.10 Å². The van der Waals surface area contributed by atoms with Crippen LogP contribution in [-0.2, 0) is 6.54 Å². The van der Waals surface area contributed by atoms with Crippen LogP contribution in [0.15, 0.2) is 59.5 Å². The van der Waals surface area contributed by atoms with Crippen LogP contribution in [0.3, 0.4) is 0 Å². The molecule has 140 valence electrons. The number of amides is 1. The Bertz CT molecular complexity index is 979. The van der Waals surface area contributed by atoms with Gasteiger partial charge in [0, 0.05) is 37.9 Å². The number of nitrogens with zero attached hydrogens (tertiary/aromatic N) is 5. The molecule has 0 radical (unpaired) electrons. The lowest BCUT2D eigenvalue weighted by atomic mass is 10.2. The van der Waals surface area contributed by atoms with Crippen molar-refractivity contribution >= 4 is 11.6 Å². The summed E-state index contributed by atoms with van der Waals surface area (Å²) < 4.78 is 3.08. The molecule has 7 nitrogen and oxygen atoms in total. The van der Waals surface area contributed by atoms with Gasteiger partial charge in [-0.25, -0.2) is 9.48 Å². The molecule has 3 heterocycles. The molecule has 0 aliphatic carbocycles. The number of rotatable bonds is 4. The van der Waals surface area contributed by atoms with E-state index in [1.54, 1.807) is 10.6 Å². The first-order chi connectivity index (χ1) is 13.2. The Morgan fingerprint density at radius 3 is 2.56 bits per heavy atom. The number of carbonyl (C=O) groups excluding carboxylic acids is 1. The predicted molar refractivity (Wildman–Crippen MR) is 103 cm³/mol. The molecule has 2 aromatic heterocycles. The molecule has 27 heavy (non-hydrogen) atoms. The van der Waals surface area contributed by atoms with Gasteiger partial charge in [-0.2, -0.15) is 0 Å². The van der Waals surface area contributed by atoms with Gasteiger partial charge in [0.25, 0.3) is 5.91 Å². The average Bonchev–Trinajstić information content (AvgIpc) is 2.88. The third-order valence-electron chi connectivity index (χ3n) is 5.01. The molecule has 0 N–H and O–H groups in total. The second kappa shape index (κ2) is 7.75. The van der Waals surface area contributed by atoms with Crippen LogP contribution < -0.4 is 5.69 Å². The topological polar surface area (TPSA) is 62.9 Å². The number of hydrogen-bond donors (Lipinski definition) is 0. The number of fused-ring (bicyclic) bond motifs is 1. The first-order valence-corrected chi connectivity index (χ1v) is 9.33. The molecule has 0 spiro atoms. The van der Waals surface area contributed by atoms with Crippen molar-refractivity contribution in [3.63, 3.8) is 0 Å². The average molecular weight is 365 g/mol. The van der Waals surface area contributed by atoms with E-state index < -0.39 is 0 Å². The van der Waals surface area contributed by atoms with Gasteiger partial charge in [0.1, 0.15) is 0 Å². The zero-order chi connectivity index (χ0) is 18.6. The summed E-state index contributed by atoms with van der Waals surface area (Å²) in [5.74, 6) is 0.0917. The van der Waals surface area contributed by atoms with Gasteiger partial charge in [0.05, 0.1) is 6.54 Å². The summed E-state index contributed by atoms with van der Waals surface area (Å²) in [5.41, 5.74) is 1.29. The highest BCUT2D eigenvalue weighted by Crippen LogP contribution is 2.09. The van der Waals surface area contributed by atoms with E-state index in [1.165, 1.54) is 4.68 Å². The summed E-state index contributed by atoms with van der Waals surface area (Å²) in [6.07, 6.45) is 2.67. The molecule has 7 heteroatoms. The van der Waals surface area contributed by atoms with Crippen molar-refractivity contribution in [3.05, 3.63) is 70.8 Å². The highest BCUT2D eigenvalue weighted by atomic mass is 16.2. The molecule has 1 aromatic carbocycles. The van der Waals surface area contributed by atoms with E-state index in [4.69, 9.17) is 0 Å². The van der Waals surface area contributed by atoms with Crippen LogP contribution >= 0.6 is 0 Å². The summed E-state index contributed by atoms with van der Waals surface area (Å²) in [6.45, 7) is 4.48. The van der Waals surface area contributed by atoms with Crippen LogP contribution in [0.5, 0.6) is 0 Å². The monoisotopic (exact) mass is 365 g/mol. The maximum Gasteiger partial charge on any atom is 0.350 e. The van der Waals surface area contributed by atoms with Gasteiger partial charge in [0.15, 0.2) is 5.65 Å². The molecule has 0 bridgehead atoms. The Labute approximate surface area is 157 Å². The van der Waals surface area contributed by atoms with Crippen molar-refractivity contribution in [2.45, 2.75) is 13.0 Å². The van der Waals surface area contributed by atoms with Gasteiger partial charge in [-0.3, -0.25) is 14.1 Å². The Morgan fingerprint density at radius 1 is 0.926 bits per heavy atom. The second-order valence-electron chi connectivity index (χ2n) is 6.79. The molecule has 0 saturated carbocycles. The molecule has 1 fully saturated rings. The van der Waals surface area contributed by atoms with Gasteiger partial charge < -0.3 is 4.90 Å². The number of carbonyl (C=O) groups is 1. The minimum Gasteiger partial charge on any atom is -0.337 e. The summed E-state index contributed by atoms with van der Waals surface area (Å²) in [5, 5.41) is 4.38. The second-order valence-corrected chi connectivity index (χ2v) is 6.79. The van der Waals surface area contributed by atoms with E-state index in [-0.39, 0.29) is 11.6 Å². The van der Waals surface area contributed by atoms with Gasteiger partial charge in [-0.05, 0) is 37.2 Å². The van der Waals surface area contributed by atoms with Crippen molar-refractivity contribution in [1.82, 2.24) is 24.0 Å². The van der Waals surface area contributed by atoms with E-state index >= 15 is 0 Å². The van der Waals surface area contributed by atoms with Crippen molar-refractivity contribution < 1.29 is 4.79 Å². The standard InChI is InChI=1S/C20H23N5O2/c26-19(17-7-2-1-3-8-17)23-11-6-10-22(13-15-23)14-16-25-20(27)24-12-5-4-9-18(24)21-25/h1-5,7-9,12H,6,10-11,13-16H2. The third-order valence-corrected chi connectivity index (χ3v) is 5.01. The molecule has 4 rings (SSSR count). The van der Waals surface area contributed by atoms with Crippen LogP contribution in [0.25, 0.3) is 5.65 Å². The number of hydrogen-bond acceptors (Lipinski definition) is 4. The molecule has 1 aliphatic rings. The first kappa shape index (κ1) is 17.5. The summed E-state index contributed by atoms with van der Waals surface area (Å²) in [6, 6.07) is 15.0. The molecule has 3 aromatic rings. The van der Waals surface area contributed by atoms with Crippen LogP contribution in [0.4, 0.5) is 0 Å². The molecule has 0 atom stereocenters. The normalized spacial score (nSPS) is 15.8. The molecule has 1 saturated heterocycles. The van der Waals surface area contributed by atoms with E-state index in [0.717, 1.165) is 38.2 Å². The Morgan fingerprint density at radius 2 is 1.74 bits per heavy atom. The zero-order valence-corrected chi connectivity index (χ0v) is 15.2. The number of pyridine rings is 1. The molecular formula is C20H23N5O2. The lowest BCUT2D eigenvalue weighted by Crippen LogP contribution is -2.36. The SMILES string of the molecule is O=C(c1ccccc1)N1CCCN(CCn2nc3ccccn3c2=O)CC1. The van der Waals surface area contributed by atoms with Gasteiger partial charge in [0.2, 0.25) is 0 Å². The first-order valence-electron chi connectivity index (χ1n) is 9.33. The molecule has 1 aliphatic heterocycles. The minimum atomic E-state index is -0.110. The Kier molecular flexibility index (Phi) is 5.02. The largest absolute Gasteiger partial charge is 0.350 e. The third kappa shape index (κ3) is 3.78. The van der Waals surface area contributed by atoms with Crippen LogP contribution in [0.1, 0.15) is 16.8 Å². The van der Waals surface area contributed by atoms with Crippen molar-refractivity contribution in [2.75, 3.05) is 32.7 Å². The van der Waals surface area contributed by atoms with E-state index in [9.17, 15) is 9.59 Å². The summed E-state index contributed by atoms with van der Waals surface area (Å²) in [7, 11) is 0. The Balaban J connectivity index is 1.36. The lowest BCUT2D eigenvalue weighted by Gasteiger charge is -2.22. The lowest BCUT2D eigenvalue weighted by molar-refractivity contribution is 0.0761. The quantitative estimate of drug-likeness (QED) is 0.700. The summed E-state index contributed by atoms with van der Waals surface area (Å²) in [4.78, 5) is 29.2. The molecule has 1 amide bonds. The van der Waals surface area contributed by atoms with Gasteiger partial charge >= 0.3 is 5.69 Å². The van der Waals surface area contributed by atoms with E-state index in [1.807, 2.05) is 53.4 Å². The molecule has 0 unspecified atom stereocenters. The smallest absolute Gasteiger partial charge is 0.337 e. The van der Waals surface area contributed by atoms with E-state index in [0.29, 0.717) is 18.7 Å². The van der Waals surface area contributed by atoms with Crippen LogP contribution in [-0.4, -0.2) is 62.6 Å². The van der Waals surface area contributed by atoms with Crippen molar-refractivity contribution in [2.24, 2.45) is 0 Å². The minimum absolute atomic E-state index is 0.0917. The van der Waals surface area contributed by atoms with Gasteiger partial charge in [-0.1, -0.05) is 24.3 Å². The number of benzene rings is 1. The maximum atomic E-state index is 12.6. The van der Waals surface area contributed by atoms with Crippen LogP contribution in [0.2, 0.25) is 0 Å². The van der Waals surface area contributed by atoms with E-state index in [2.05, 4.69) is 10.00 Å². The molecular weight excluding hydrogens is 342 g/mol. The summed E-state index contributed by atoms with van der Waals surface area (Å²) >= 11 is 0. The highest BCUT2D eigenvalue weighted by molar-refractivity contribution is 5.94. The fourth-order valence-corrected chi connectivity index (χ4v) is 3.51. The number of aromatic nitrogens is 3. The van der Waals surface area contributed by atoms with Crippen LogP contribution in [0, 0.1) is 0 Å². The van der Waals surface area contributed by atoms with Crippen molar-refractivity contribution in [1.29, 1.82) is 0 Å². The van der Waals surface area contributed by atoms with Crippen molar-refractivity contribution in [3.8, 4) is 0 Å². The maximum absolute atomic E-state index is 12.6. The predicted octanol–water partition coefficient (Wildman–Crippen LogP) is 1.34. The fourth-order valence-electron chi connectivity index (χ4n) is 3.51. The Hall–Kier alpha value is -2.93. The fraction of sp³-hybridized carbons (Fsp3) is 0.350. The highest BCUT2D eigenvalue weighted by Gasteiger charge is 2.20.